The largest absolute Gasteiger partial charge is 0.319 e. The number of hydrogen-bond acceptors (Lipinski definition) is 2. The predicted molar refractivity (Wildman–Crippen MR) is 77.9 cm³/mol. The summed E-state index contributed by atoms with van der Waals surface area (Å²) in [6.07, 6.45) is 1.61. The highest BCUT2D eigenvalue weighted by Crippen LogP contribution is 2.23. The van der Waals surface area contributed by atoms with Gasteiger partial charge in [-0.1, -0.05) is 17.7 Å². The number of carbonyl (C=O) groups is 1. The molecule has 0 unspecified atom stereocenters. The topological polar surface area (TPSA) is 42.0 Å². The highest BCUT2D eigenvalue weighted by atomic mass is 35.5. The summed E-state index contributed by atoms with van der Waals surface area (Å²) in [6, 6.07) is 7.41. The third kappa shape index (κ3) is 2.93. The molecule has 2 rings (SSSR count). The summed E-state index contributed by atoms with van der Waals surface area (Å²) >= 11 is 5.99. The Morgan fingerprint density at radius 3 is 2.47 bits per heavy atom. The van der Waals surface area contributed by atoms with E-state index in [0.717, 1.165) is 16.7 Å². The second-order valence-corrected chi connectivity index (χ2v) is 4.90. The molecule has 0 aliphatic rings. The number of aromatic nitrogens is 1. The molecule has 0 atom stereocenters. The van der Waals surface area contributed by atoms with Gasteiger partial charge in [-0.15, -0.1) is 0 Å². The van der Waals surface area contributed by atoms with Gasteiger partial charge in [0.1, 0.15) is 0 Å². The van der Waals surface area contributed by atoms with E-state index >= 15 is 0 Å². The summed E-state index contributed by atoms with van der Waals surface area (Å²) in [7, 11) is 0. The Balaban J connectivity index is 2.28. The molecule has 0 spiro atoms. The lowest BCUT2D eigenvalue weighted by atomic mass is 10.1. The average Bonchev–Trinajstić information content (AvgIpc) is 2.37. The van der Waals surface area contributed by atoms with Gasteiger partial charge in [0.15, 0.2) is 5.15 Å². The van der Waals surface area contributed by atoms with Gasteiger partial charge in [-0.25, -0.2) is 4.98 Å². The number of halogens is 1. The van der Waals surface area contributed by atoms with Crippen molar-refractivity contribution in [2.45, 2.75) is 20.8 Å². The first-order chi connectivity index (χ1) is 8.99. The van der Waals surface area contributed by atoms with Crippen molar-refractivity contribution in [2.24, 2.45) is 0 Å². The molecule has 0 aliphatic heterocycles. The first-order valence-electron chi connectivity index (χ1n) is 5.98. The van der Waals surface area contributed by atoms with Crippen molar-refractivity contribution < 1.29 is 4.79 Å². The normalized spacial score (nSPS) is 10.3. The van der Waals surface area contributed by atoms with Gasteiger partial charge in [0.25, 0.3) is 5.91 Å². The number of rotatable bonds is 2. The molecule has 2 aromatic rings. The Labute approximate surface area is 117 Å². The maximum atomic E-state index is 12.2. The summed E-state index contributed by atoms with van der Waals surface area (Å²) in [5.74, 6) is -0.180. The van der Waals surface area contributed by atoms with Gasteiger partial charge >= 0.3 is 0 Å². The lowest BCUT2D eigenvalue weighted by Gasteiger charge is -2.10. The molecule has 3 nitrogen and oxygen atoms in total. The van der Waals surface area contributed by atoms with E-state index < -0.39 is 0 Å². The van der Waals surface area contributed by atoms with Crippen molar-refractivity contribution in [1.29, 1.82) is 0 Å². The molecule has 1 N–H and O–H groups in total. The Morgan fingerprint density at radius 1 is 1.11 bits per heavy atom. The minimum atomic E-state index is -0.180. The standard InChI is InChI=1S/C15H15ClN2O/c1-9-4-5-12(8-11(9)3)15(19)18-13-10(2)6-7-17-14(13)16/h4-8H,1-3H3,(H,18,19). The van der Waals surface area contributed by atoms with Crippen LogP contribution in [0.15, 0.2) is 30.5 Å². The van der Waals surface area contributed by atoms with Crippen molar-refractivity contribution in [3.63, 3.8) is 0 Å². The number of nitrogens with one attached hydrogen (secondary N) is 1. The summed E-state index contributed by atoms with van der Waals surface area (Å²) in [4.78, 5) is 16.2. The predicted octanol–water partition coefficient (Wildman–Crippen LogP) is 3.91. The average molecular weight is 275 g/mol. The number of hydrogen-bond donors (Lipinski definition) is 1. The third-order valence-electron chi connectivity index (χ3n) is 3.12. The molecule has 1 aromatic heterocycles. The van der Waals surface area contributed by atoms with E-state index in [9.17, 15) is 4.79 Å². The van der Waals surface area contributed by atoms with Crippen LogP contribution in [0.5, 0.6) is 0 Å². The van der Waals surface area contributed by atoms with Gasteiger partial charge in [0.2, 0.25) is 0 Å². The number of aryl methyl sites for hydroxylation is 3. The van der Waals surface area contributed by atoms with Gasteiger partial charge in [0.05, 0.1) is 5.69 Å². The van der Waals surface area contributed by atoms with Crippen LogP contribution in [0.4, 0.5) is 5.69 Å². The van der Waals surface area contributed by atoms with Gasteiger partial charge in [-0.2, -0.15) is 0 Å². The van der Waals surface area contributed by atoms with Crippen LogP contribution in [0.2, 0.25) is 5.15 Å². The number of amides is 1. The molecule has 0 saturated heterocycles. The number of nitrogens with zero attached hydrogens (tertiary/aromatic N) is 1. The van der Waals surface area contributed by atoms with Crippen molar-refractivity contribution in [2.75, 3.05) is 5.32 Å². The maximum absolute atomic E-state index is 12.2. The van der Waals surface area contributed by atoms with Crippen molar-refractivity contribution in [3.8, 4) is 0 Å². The van der Waals surface area contributed by atoms with Crippen molar-refractivity contribution in [3.05, 3.63) is 57.9 Å². The molecule has 98 valence electrons. The molecule has 19 heavy (non-hydrogen) atoms. The van der Waals surface area contributed by atoms with Gasteiger partial charge in [-0.05, 0) is 55.7 Å². The van der Waals surface area contributed by atoms with Crippen LogP contribution in [0, 0.1) is 20.8 Å². The number of benzene rings is 1. The smallest absolute Gasteiger partial charge is 0.255 e. The van der Waals surface area contributed by atoms with E-state index in [4.69, 9.17) is 11.6 Å². The first kappa shape index (κ1) is 13.6. The highest BCUT2D eigenvalue weighted by Gasteiger charge is 2.11. The fraction of sp³-hybridized carbons (Fsp3) is 0.200. The second kappa shape index (κ2) is 5.41. The molecule has 0 aliphatic carbocycles. The quantitative estimate of drug-likeness (QED) is 0.844. The van der Waals surface area contributed by atoms with Crippen LogP contribution in [-0.2, 0) is 0 Å². The van der Waals surface area contributed by atoms with E-state index in [0.29, 0.717) is 16.4 Å². The minimum absolute atomic E-state index is 0.180. The number of anilines is 1. The molecule has 1 amide bonds. The SMILES string of the molecule is Cc1ccc(C(=O)Nc2c(C)ccnc2Cl)cc1C. The summed E-state index contributed by atoms with van der Waals surface area (Å²) < 4.78 is 0. The molecule has 1 heterocycles. The number of pyridine rings is 1. The summed E-state index contributed by atoms with van der Waals surface area (Å²) in [5.41, 5.74) is 4.31. The fourth-order valence-electron chi connectivity index (χ4n) is 1.74. The van der Waals surface area contributed by atoms with Gasteiger partial charge in [0, 0.05) is 11.8 Å². The summed E-state index contributed by atoms with van der Waals surface area (Å²) in [6.45, 7) is 5.87. The molecule has 1 aromatic carbocycles. The molecule has 0 bridgehead atoms. The third-order valence-corrected chi connectivity index (χ3v) is 3.41. The fourth-order valence-corrected chi connectivity index (χ4v) is 2.00. The van der Waals surface area contributed by atoms with Crippen LogP contribution in [0.3, 0.4) is 0 Å². The molecular formula is C15H15ClN2O. The molecule has 0 fully saturated rings. The Morgan fingerprint density at radius 2 is 1.84 bits per heavy atom. The number of carbonyl (C=O) groups excluding carboxylic acids is 1. The Kier molecular flexibility index (Phi) is 3.86. The van der Waals surface area contributed by atoms with Crippen LogP contribution in [-0.4, -0.2) is 10.9 Å². The first-order valence-corrected chi connectivity index (χ1v) is 6.36. The molecule has 0 radical (unpaired) electrons. The lowest BCUT2D eigenvalue weighted by Crippen LogP contribution is -2.13. The molecule has 0 saturated carbocycles. The molecular weight excluding hydrogens is 260 g/mol. The molecule has 4 heteroatoms. The van der Waals surface area contributed by atoms with Crippen LogP contribution in [0.1, 0.15) is 27.0 Å². The Hall–Kier alpha value is -1.87. The minimum Gasteiger partial charge on any atom is -0.319 e. The van der Waals surface area contributed by atoms with Gasteiger partial charge < -0.3 is 5.32 Å². The second-order valence-electron chi connectivity index (χ2n) is 4.55. The van der Waals surface area contributed by atoms with E-state index in [1.807, 2.05) is 39.0 Å². The van der Waals surface area contributed by atoms with Crippen molar-refractivity contribution >= 4 is 23.2 Å². The van der Waals surface area contributed by atoms with Crippen LogP contribution in [0.25, 0.3) is 0 Å². The summed E-state index contributed by atoms with van der Waals surface area (Å²) in [5, 5.41) is 3.11. The zero-order valence-corrected chi connectivity index (χ0v) is 11.9. The van der Waals surface area contributed by atoms with Crippen LogP contribution < -0.4 is 5.32 Å². The van der Waals surface area contributed by atoms with Crippen molar-refractivity contribution in [1.82, 2.24) is 4.98 Å². The van der Waals surface area contributed by atoms with Gasteiger partial charge in [-0.3, -0.25) is 4.79 Å². The van der Waals surface area contributed by atoms with E-state index in [1.54, 1.807) is 12.3 Å². The highest BCUT2D eigenvalue weighted by molar-refractivity contribution is 6.32. The maximum Gasteiger partial charge on any atom is 0.255 e. The zero-order chi connectivity index (χ0) is 14.0. The van der Waals surface area contributed by atoms with E-state index in [1.165, 1.54) is 0 Å². The van der Waals surface area contributed by atoms with E-state index in [-0.39, 0.29) is 5.91 Å². The van der Waals surface area contributed by atoms with Crippen LogP contribution >= 0.6 is 11.6 Å². The van der Waals surface area contributed by atoms with E-state index in [2.05, 4.69) is 10.3 Å². The monoisotopic (exact) mass is 274 g/mol. The Bertz CT molecular complexity index is 618. The lowest BCUT2D eigenvalue weighted by molar-refractivity contribution is 0.102. The zero-order valence-electron chi connectivity index (χ0n) is 11.1.